The molecule has 0 heterocycles. The highest BCUT2D eigenvalue weighted by Gasteiger charge is 2.09. The zero-order chi connectivity index (χ0) is 20.9. The monoisotopic (exact) mass is 396 g/mol. The lowest BCUT2D eigenvalue weighted by Gasteiger charge is -2.15. The van der Waals surface area contributed by atoms with E-state index >= 15 is 0 Å². The number of allylic oxidation sites excluding steroid dienone is 1. The van der Waals surface area contributed by atoms with Gasteiger partial charge in [0.15, 0.2) is 0 Å². The smallest absolute Gasteiger partial charge is 0.305 e. The van der Waals surface area contributed by atoms with Gasteiger partial charge in [-0.25, -0.2) is 0 Å². The number of rotatable bonds is 19. The van der Waals surface area contributed by atoms with Crippen molar-refractivity contribution in [3.05, 3.63) is 12.2 Å². The van der Waals surface area contributed by atoms with E-state index in [1.165, 1.54) is 45.4 Å². The van der Waals surface area contributed by atoms with Crippen molar-refractivity contribution < 1.29 is 19.1 Å². The van der Waals surface area contributed by atoms with E-state index in [9.17, 15) is 9.59 Å². The molecule has 4 nitrogen and oxygen atoms in total. The Labute approximate surface area is 173 Å². The molecule has 0 saturated carbocycles. The van der Waals surface area contributed by atoms with Crippen LogP contribution in [0.5, 0.6) is 0 Å². The van der Waals surface area contributed by atoms with Crippen molar-refractivity contribution in [2.75, 3.05) is 6.61 Å². The predicted octanol–water partition coefficient (Wildman–Crippen LogP) is 6.91. The molecule has 0 N–H and O–H groups in total. The molecule has 0 unspecified atom stereocenters. The van der Waals surface area contributed by atoms with E-state index in [-0.39, 0.29) is 18.0 Å². The Balaban J connectivity index is 3.64. The highest BCUT2D eigenvalue weighted by Crippen LogP contribution is 2.13. The van der Waals surface area contributed by atoms with Gasteiger partial charge in [0.05, 0.1) is 6.61 Å². The molecule has 28 heavy (non-hydrogen) atoms. The summed E-state index contributed by atoms with van der Waals surface area (Å²) in [4.78, 5) is 22.7. The van der Waals surface area contributed by atoms with E-state index in [2.05, 4.69) is 26.0 Å². The van der Waals surface area contributed by atoms with Gasteiger partial charge in [-0.1, -0.05) is 70.9 Å². The molecule has 0 aliphatic rings. The fourth-order valence-corrected chi connectivity index (χ4v) is 3.09. The minimum atomic E-state index is -0.178. The van der Waals surface area contributed by atoms with Crippen LogP contribution in [-0.2, 0) is 19.1 Å². The second kappa shape index (κ2) is 20.4. The predicted molar refractivity (Wildman–Crippen MR) is 116 cm³/mol. The van der Waals surface area contributed by atoms with Gasteiger partial charge in [-0.05, 0) is 38.5 Å². The number of ether oxygens (including phenoxy) is 2. The first-order valence-electron chi connectivity index (χ1n) is 11.6. The van der Waals surface area contributed by atoms with Crippen molar-refractivity contribution in [1.29, 1.82) is 0 Å². The summed E-state index contributed by atoms with van der Waals surface area (Å²) in [5, 5.41) is 0. The van der Waals surface area contributed by atoms with Crippen molar-refractivity contribution in [1.82, 2.24) is 0 Å². The molecule has 1 atom stereocenters. The summed E-state index contributed by atoms with van der Waals surface area (Å²) >= 11 is 0. The Kier molecular flexibility index (Phi) is 19.5. The Morgan fingerprint density at radius 2 is 1.50 bits per heavy atom. The average molecular weight is 397 g/mol. The van der Waals surface area contributed by atoms with Gasteiger partial charge in [0.2, 0.25) is 0 Å². The van der Waals surface area contributed by atoms with E-state index < -0.39 is 0 Å². The molecule has 4 heteroatoms. The molecule has 0 aromatic carbocycles. The lowest BCUT2D eigenvalue weighted by Crippen LogP contribution is -2.15. The van der Waals surface area contributed by atoms with Crippen molar-refractivity contribution in [2.24, 2.45) is 0 Å². The molecule has 0 aliphatic carbocycles. The third-order valence-electron chi connectivity index (χ3n) is 4.79. The third-order valence-corrected chi connectivity index (χ3v) is 4.79. The second-order valence-corrected chi connectivity index (χ2v) is 7.67. The van der Waals surface area contributed by atoms with Gasteiger partial charge < -0.3 is 9.47 Å². The van der Waals surface area contributed by atoms with Crippen LogP contribution < -0.4 is 0 Å². The highest BCUT2D eigenvalue weighted by molar-refractivity contribution is 5.69. The van der Waals surface area contributed by atoms with E-state index in [1.807, 2.05) is 0 Å². The number of carbonyl (C=O) groups excluding carboxylic acids is 2. The fraction of sp³-hybridized carbons (Fsp3) is 0.833. The first kappa shape index (κ1) is 26.7. The molecule has 0 bridgehead atoms. The first-order valence-corrected chi connectivity index (χ1v) is 11.6. The molecule has 0 radical (unpaired) electrons. The van der Waals surface area contributed by atoms with Crippen LogP contribution in [0.15, 0.2) is 12.2 Å². The summed E-state index contributed by atoms with van der Waals surface area (Å²) in [6, 6.07) is 0. The zero-order valence-corrected chi connectivity index (χ0v) is 18.7. The normalized spacial score (nSPS) is 12.2. The second-order valence-electron chi connectivity index (χ2n) is 7.67. The molecule has 0 fully saturated rings. The summed E-state index contributed by atoms with van der Waals surface area (Å²) in [5.41, 5.74) is 0. The summed E-state index contributed by atoms with van der Waals surface area (Å²) in [6.07, 6.45) is 20.2. The van der Waals surface area contributed by atoms with Gasteiger partial charge in [0, 0.05) is 19.8 Å². The van der Waals surface area contributed by atoms with Crippen LogP contribution in [0.4, 0.5) is 0 Å². The quantitative estimate of drug-likeness (QED) is 0.135. The minimum Gasteiger partial charge on any atom is -0.466 e. The number of esters is 2. The van der Waals surface area contributed by atoms with Gasteiger partial charge >= 0.3 is 11.9 Å². The van der Waals surface area contributed by atoms with Gasteiger partial charge in [0.1, 0.15) is 6.10 Å². The van der Waals surface area contributed by atoms with Gasteiger partial charge in [0.25, 0.3) is 0 Å². The first-order chi connectivity index (χ1) is 13.6. The van der Waals surface area contributed by atoms with Crippen molar-refractivity contribution >= 4 is 11.9 Å². The van der Waals surface area contributed by atoms with Gasteiger partial charge in [-0.15, -0.1) is 0 Å². The van der Waals surface area contributed by atoms with Crippen LogP contribution >= 0.6 is 0 Å². The highest BCUT2D eigenvalue weighted by atomic mass is 16.5. The molecule has 0 spiro atoms. The zero-order valence-electron chi connectivity index (χ0n) is 18.7. The SMILES string of the molecule is CCCCCC[C@H](C/C=C\CCCCCCCC(=O)OCCCC)OC(C)=O. The van der Waals surface area contributed by atoms with Crippen LogP contribution in [0.1, 0.15) is 117 Å². The van der Waals surface area contributed by atoms with Gasteiger partial charge in [-0.2, -0.15) is 0 Å². The molecular formula is C24H44O4. The lowest BCUT2D eigenvalue weighted by molar-refractivity contribution is -0.146. The molecule has 164 valence electrons. The Bertz CT molecular complexity index is 403. The largest absolute Gasteiger partial charge is 0.466 e. The van der Waals surface area contributed by atoms with E-state index in [4.69, 9.17) is 9.47 Å². The summed E-state index contributed by atoms with van der Waals surface area (Å²) in [7, 11) is 0. The molecule has 0 aromatic rings. The van der Waals surface area contributed by atoms with Crippen LogP contribution in [0.25, 0.3) is 0 Å². The Morgan fingerprint density at radius 1 is 0.821 bits per heavy atom. The molecule has 0 aliphatic heterocycles. The van der Waals surface area contributed by atoms with Crippen LogP contribution in [0.3, 0.4) is 0 Å². The average Bonchev–Trinajstić information content (AvgIpc) is 2.66. The molecule has 0 saturated heterocycles. The van der Waals surface area contributed by atoms with E-state index in [0.29, 0.717) is 13.0 Å². The van der Waals surface area contributed by atoms with Gasteiger partial charge in [-0.3, -0.25) is 9.59 Å². The van der Waals surface area contributed by atoms with Crippen LogP contribution in [0.2, 0.25) is 0 Å². The Morgan fingerprint density at radius 3 is 2.21 bits per heavy atom. The number of unbranched alkanes of at least 4 members (excludes halogenated alkanes) is 9. The van der Waals surface area contributed by atoms with Crippen LogP contribution in [-0.4, -0.2) is 24.6 Å². The van der Waals surface area contributed by atoms with Crippen molar-refractivity contribution in [3.8, 4) is 0 Å². The van der Waals surface area contributed by atoms with E-state index in [0.717, 1.165) is 51.4 Å². The topological polar surface area (TPSA) is 52.6 Å². The van der Waals surface area contributed by atoms with Crippen LogP contribution in [0, 0.1) is 0 Å². The molecule has 0 rings (SSSR count). The summed E-state index contributed by atoms with van der Waals surface area (Å²) in [6.45, 7) is 6.36. The fourth-order valence-electron chi connectivity index (χ4n) is 3.09. The third kappa shape index (κ3) is 19.4. The number of carbonyl (C=O) groups is 2. The standard InChI is InChI=1S/C24H44O4/c1-4-6-8-15-18-23(28-22(3)25)19-16-13-11-9-10-12-14-17-20-24(26)27-21-7-5-2/h13,16,23H,4-12,14-15,17-21H2,1-3H3/b16-13-/t23-/m1/s1. The summed E-state index contributed by atoms with van der Waals surface area (Å²) in [5.74, 6) is -0.225. The summed E-state index contributed by atoms with van der Waals surface area (Å²) < 4.78 is 10.6. The lowest BCUT2D eigenvalue weighted by atomic mass is 10.1. The maximum atomic E-state index is 11.5. The molecular weight excluding hydrogens is 352 g/mol. The molecule has 0 amide bonds. The maximum Gasteiger partial charge on any atom is 0.305 e. The van der Waals surface area contributed by atoms with Crippen molar-refractivity contribution in [3.63, 3.8) is 0 Å². The minimum absolute atomic E-state index is 0.0303. The van der Waals surface area contributed by atoms with E-state index in [1.54, 1.807) is 0 Å². The van der Waals surface area contributed by atoms with Crippen molar-refractivity contribution in [2.45, 2.75) is 123 Å². The molecule has 0 aromatic heterocycles. The number of hydrogen-bond donors (Lipinski definition) is 0. The maximum absolute atomic E-state index is 11.5. The number of hydrogen-bond acceptors (Lipinski definition) is 4. The Hall–Kier alpha value is -1.32.